The molecule has 112 valence electrons. The molecule has 2 rings (SSSR count). The lowest BCUT2D eigenvalue weighted by Gasteiger charge is -2.19. The molecule has 0 fully saturated rings. The highest BCUT2D eigenvalue weighted by Crippen LogP contribution is 2.43. The predicted molar refractivity (Wildman–Crippen MR) is 80.6 cm³/mol. The molecule has 0 spiro atoms. The van der Waals surface area contributed by atoms with E-state index in [1.54, 1.807) is 0 Å². The van der Waals surface area contributed by atoms with Crippen molar-refractivity contribution in [1.29, 1.82) is 0 Å². The smallest absolute Gasteiger partial charge is 0.210 e. The number of ketones is 2. The number of anilines is 1. The lowest BCUT2D eigenvalue weighted by Crippen LogP contribution is -2.19. The Kier molecular flexibility index (Phi) is 4.44. The van der Waals surface area contributed by atoms with Crippen LogP contribution < -0.4 is 5.32 Å². The normalized spacial score (nSPS) is 14.4. The Morgan fingerprint density at radius 1 is 1.10 bits per heavy atom. The summed E-state index contributed by atoms with van der Waals surface area (Å²) in [6.45, 7) is 2.55. The van der Waals surface area contributed by atoms with E-state index in [9.17, 15) is 19.8 Å². The first-order chi connectivity index (χ1) is 9.90. The van der Waals surface area contributed by atoms with Crippen LogP contribution in [-0.4, -0.2) is 28.3 Å². The fourth-order valence-electron chi connectivity index (χ4n) is 2.06. The average molecular weight is 330 g/mol. The zero-order chi connectivity index (χ0) is 15.7. The molecule has 0 unspecified atom stereocenters. The van der Waals surface area contributed by atoms with E-state index in [1.165, 1.54) is 6.07 Å². The number of allylic oxidation sites excluding steroid dienone is 2. The average Bonchev–Trinajstić information content (AvgIpc) is 2.46. The van der Waals surface area contributed by atoms with Gasteiger partial charge in [-0.2, -0.15) is 0 Å². The number of hydrogen-bond acceptors (Lipinski definition) is 5. The van der Waals surface area contributed by atoms with Gasteiger partial charge in [0, 0.05) is 12.6 Å². The largest absolute Gasteiger partial charge is 0.507 e. The third-order valence-corrected chi connectivity index (χ3v) is 3.99. The molecule has 0 atom stereocenters. The molecule has 21 heavy (non-hydrogen) atoms. The molecule has 0 aliphatic heterocycles. The molecule has 0 bridgehead atoms. The van der Waals surface area contributed by atoms with Crippen LogP contribution in [0, 0.1) is 0 Å². The van der Waals surface area contributed by atoms with Gasteiger partial charge < -0.3 is 15.5 Å². The highest BCUT2D eigenvalue weighted by molar-refractivity contribution is 6.59. The fourth-order valence-corrected chi connectivity index (χ4v) is 2.42. The molecule has 1 aromatic rings. The summed E-state index contributed by atoms with van der Waals surface area (Å²) < 4.78 is 0. The predicted octanol–water partition coefficient (Wildman–Crippen LogP) is 3.38. The molecule has 7 heteroatoms. The Balaban J connectivity index is 2.56. The first-order valence-corrected chi connectivity index (χ1v) is 7.13. The second-order valence-corrected chi connectivity index (χ2v) is 5.36. The van der Waals surface area contributed by atoms with Gasteiger partial charge in [-0.25, -0.2) is 0 Å². The van der Waals surface area contributed by atoms with Crippen LogP contribution in [0.1, 0.15) is 40.5 Å². The second-order valence-electron chi connectivity index (χ2n) is 4.61. The molecule has 0 radical (unpaired) electrons. The lowest BCUT2D eigenvalue weighted by molar-refractivity contribution is 0.0982. The van der Waals surface area contributed by atoms with Crippen molar-refractivity contribution in [3.8, 4) is 11.5 Å². The minimum absolute atomic E-state index is 0.170. The van der Waals surface area contributed by atoms with Gasteiger partial charge in [0.15, 0.2) is 5.75 Å². The van der Waals surface area contributed by atoms with Crippen LogP contribution in [0.4, 0.5) is 5.69 Å². The van der Waals surface area contributed by atoms with Crippen molar-refractivity contribution in [3.05, 3.63) is 27.3 Å². The fraction of sp³-hybridized carbons (Fsp3) is 0.286. The molecule has 0 saturated carbocycles. The summed E-state index contributed by atoms with van der Waals surface area (Å²) in [6, 6.07) is 1.19. The highest BCUT2D eigenvalue weighted by atomic mass is 35.5. The van der Waals surface area contributed by atoms with Crippen molar-refractivity contribution in [2.75, 3.05) is 11.9 Å². The van der Waals surface area contributed by atoms with E-state index in [4.69, 9.17) is 23.2 Å². The number of fused-ring (bicyclic) bond motifs is 1. The molecule has 1 aliphatic carbocycles. The Morgan fingerprint density at radius 3 is 2.24 bits per heavy atom. The van der Waals surface area contributed by atoms with Crippen molar-refractivity contribution in [1.82, 2.24) is 0 Å². The van der Waals surface area contributed by atoms with Crippen molar-refractivity contribution in [2.45, 2.75) is 19.8 Å². The summed E-state index contributed by atoms with van der Waals surface area (Å²) in [7, 11) is 0. The first kappa shape index (κ1) is 15.7. The van der Waals surface area contributed by atoms with Gasteiger partial charge in [0.1, 0.15) is 15.8 Å². The number of nitrogens with one attached hydrogen (secondary N) is 1. The van der Waals surface area contributed by atoms with Crippen LogP contribution in [0.25, 0.3) is 0 Å². The van der Waals surface area contributed by atoms with Gasteiger partial charge in [-0.05, 0) is 6.42 Å². The molecular weight excluding hydrogens is 317 g/mol. The van der Waals surface area contributed by atoms with Gasteiger partial charge in [0.2, 0.25) is 11.6 Å². The topological polar surface area (TPSA) is 86.6 Å². The van der Waals surface area contributed by atoms with Crippen LogP contribution in [0.2, 0.25) is 0 Å². The van der Waals surface area contributed by atoms with Gasteiger partial charge >= 0.3 is 0 Å². The number of aromatic hydroxyl groups is 2. The SMILES string of the molecule is CCCCNc1cc(O)c2c(c1O)C(=O)C(Cl)=C(Cl)C2=O. The quantitative estimate of drug-likeness (QED) is 0.448. The van der Waals surface area contributed by atoms with Gasteiger partial charge in [-0.1, -0.05) is 36.5 Å². The number of halogens is 2. The molecule has 0 saturated heterocycles. The van der Waals surface area contributed by atoms with Gasteiger partial charge in [0.05, 0.1) is 16.8 Å². The molecule has 0 amide bonds. The van der Waals surface area contributed by atoms with E-state index in [1.807, 2.05) is 6.92 Å². The number of hydrogen-bond donors (Lipinski definition) is 3. The van der Waals surface area contributed by atoms with Gasteiger partial charge in [-0.15, -0.1) is 0 Å². The molecule has 0 aromatic heterocycles. The van der Waals surface area contributed by atoms with Gasteiger partial charge in [0.25, 0.3) is 0 Å². The molecular formula is C14H13Cl2NO4. The number of Topliss-reactive ketones (excluding diaryl/α,β-unsaturated/α-hetero) is 2. The van der Waals surface area contributed by atoms with E-state index in [2.05, 4.69) is 5.32 Å². The molecule has 3 N–H and O–H groups in total. The van der Waals surface area contributed by atoms with E-state index >= 15 is 0 Å². The minimum Gasteiger partial charge on any atom is -0.507 e. The number of benzene rings is 1. The first-order valence-electron chi connectivity index (χ1n) is 6.37. The Bertz CT molecular complexity index is 667. The monoisotopic (exact) mass is 329 g/mol. The zero-order valence-electron chi connectivity index (χ0n) is 11.2. The molecule has 1 aliphatic rings. The van der Waals surface area contributed by atoms with Crippen molar-refractivity contribution < 1.29 is 19.8 Å². The van der Waals surface area contributed by atoms with Crippen LogP contribution in [0.15, 0.2) is 16.1 Å². The standard InChI is InChI=1S/C14H13Cl2NO4/c1-2-3-4-17-6-5-7(18)8-9(12(6)19)14(21)11(16)10(15)13(8)20/h5,17-19H,2-4H2,1H3. The minimum atomic E-state index is -0.789. The highest BCUT2D eigenvalue weighted by Gasteiger charge is 2.36. The van der Waals surface area contributed by atoms with E-state index in [0.29, 0.717) is 6.54 Å². The maximum absolute atomic E-state index is 12.1. The third-order valence-electron chi connectivity index (χ3n) is 3.17. The van der Waals surface area contributed by atoms with Crippen LogP contribution >= 0.6 is 23.2 Å². The number of rotatable bonds is 4. The Morgan fingerprint density at radius 2 is 1.67 bits per heavy atom. The molecule has 0 heterocycles. The number of carbonyl (C=O) groups is 2. The van der Waals surface area contributed by atoms with Crippen molar-refractivity contribution in [2.24, 2.45) is 0 Å². The maximum atomic E-state index is 12.1. The third kappa shape index (κ3) is 2.59. The molecule has 1 aromatic carbocycles. The lowest BCUT2D eigenvalue weighted by atomic mass is 9.91. The molecule has 5 nitrogen and oxygen atoms in total. The van der Waals surface area contributed by atoms with Crippen LogP contribution in [-0.2, 0) is 0 Å². The number of unbranched alkanes of at least 4 members (excludes halogenated alkanes) is 1. The van der Waals surface area contributed by atoms with Gasteiger partial charge in [-0.3, -0.25) is 9.59 Å². The van der Waals surface area contributed by atoms with E-state index in [-0.39, 0.29) is 16.8 Å². The van der Waals surface area contributed by atoms with Crippen LogP contribution in [0.5, 0.6) is 11.5 Å². The summed E-state index contributed by atoms with van der Waals surface area (Å²) in [5.41, 5.74) is -0.482. The number of phenolic OH excluding ortho intramolecular Hbond substituents is 2. The Hall–Kier alpha value is -1.72. The summed E-state index contributed by atoms with van der Waals surface area (Å²) in [5.74, 6) is -2.42. The summed E-state index contributed by atoms with van der Waals surface area (Å²) >= 11 is 11.4. The number of carbonyl (C=O) groups excluding carboxylic acids is 2. The van der Waals surface area contributed by atoms with E-state index < -0.39 is 33.1 Å². The van der Waals surface area contributed by atoms with E-state index in [0.717, 1.165) is 12.8 Å². The number of phenols is 2. The Labute approximate surface area is 131 Å². The second kappa shape index (κ2) is 5.95. The zero-order valence-corrected chi connectivity index (χ0v) is 12.7. The summed E-state index contributed by atoms with van der Waals surface area (Å²) in [5, 5.41) is 22.1. The van der Waals surface area contributed by atoms with Crippen molar-refractivity contribution in [3.63, 3.8) is 0 Å². The summed E-state index contributed by atoms with van der Waals surface area (Å²) in [4.78, 5) is 24.1. The van der Waals surface area contributed by atoms with Crippen LogP contribution in [0.3, 0.4) is 0 Å². The van der Waals surface area contributed by atoms with Crippen molar-refractivity contribution >= 4 is 40.5 Å². The summed E-state index contributed by atoms with van der Waals surface area (Å²) in [6.07, 6.45) is 1.78. The maximum Gasteiger partial charge on any atom is 0.210 e.